The Morgan fingerprint density at radius 2 is 1.96 bits per heavy atom. The second-order valence-electron chi connectivity index (χ2n) is 5.94. The van der Waals surface area contributed by atoms with Crippen LogP contribution < -0.4 is 5.32 Å². The van der Waals surface area contributed by atoms with Crippen LogP contribution in [0.5, 0.6) is 0 Å². The molecule has 11 heteroatoms. The van der Waals surface area contributed by atoms with Crippen LogP contribution in [0.2, 0.25) is 0 Å². The standard InChI is InChI=1S/C17H18F3N5O3/c1-11-16(25(27)28)12(2)24(23-11)10-15(26)22-8-7-21-9-13-3-5-14(6-4-13)17(18,19)20/h3-6,9H,7-8,10H2,1-2H3,(H,22,26). The lowest BCUT2D eigenvalue weighted by Crippen LogP contribution is -2.30. The molecule has 0 spiro atoms. The predicted octanol–water partition coefficient (Wildman–Crippen LogP) is 2.66. The number of amides is 1. The quantitative estimate of drug-likeness (QED) is 0.336. The normalized spacial score (nSPS) is 11.8. The second-order valence-corrected chi connectivity index (χ2v) is 5.94. The molecule has 0 saturated carbocycles. The molecule has 0 bridgehead atoms. The lowest BCUT2D eigenvalue weighted by Gasteiger charge is -2.06. The number of rotatable bonds is 7. The summed E-state index contributed by atoms with van der Waals surface area (Å²) in [4.78, 5) is 26.4. The van der Waals surface area contributed by atoms with Gasteiger partial charge in [0.25, 0.3) is 0 Å². The molecule has 0 atom stereocenters. The van der Waals surface area contributed by atoms with E-state index in [2.05, 4.69) is 15.4 Å². The van der Waals surface area contributed by atoms with E-state index in [4.69, 9.17) is 0 Å². The van der Waals surface area contributed by atoms with Gasteiger partial charge < -0.3 is 5.32 Å². The zero-order chi connectivity index (χ0) is 20.9. The molecule has 0 aliphatic heterocycles. The molecule has 0 aliphatic carbocycles. The Hall–Kier alpha value is -3.24. The Bertz CT molecular complexity index is 889. The molecule has 1 heterocycles. The molecule has 1 aromatic heterocycles. The number of benzene rings is 1. The van der Waals surface area contributed by atoms with Crippen LogP contribution in [0.15, 0.2) is 29.3 Å². The summed E-state index contributed by atoms with van der Waals surface area (Å²) in [5.41, 5.74) is 0.180. The fourth-order valence-electron chi connectivity index (χ4n) is 2.49. The lowest BCUT2D eigenvalue weighted by molar-refractivity contribution is -0.386. The molecule has 1 amide bonds. The summed E-state index contributed by atoms with van der Waals surface area (Å²) in [5, 5.41) is 17.5. The smallest absolute Gasteiger partial charge is 0.353 e. The van der Waals surface area contributed by atoms with Crippen molar-refractivity contribution in [2.75, 3.05) is 13.1 Å². The molecule has 28 heavy (non-hydrogen) atoms. The molecule has 0 radical (unpaired) electrons. The highest BCUT2D eigenvalue weighted by Gasteiger charge is 2.29. The Balaban J connectivity index is 1.81. The third kappa shape index (κ3) is 5.38. The van der Waals surface area contributed by atoms with Crippen molar-refractivity contribution in [1.29, 1.82) is 0 Å². The van der Waals surface area contributed by atoms with E-state index in [-0.39, 0.29) is 42.6 Å². The topological polar surface area (TPSA) is 102 Å². The number of aliphatic imine (C=N–C) groups is 1. The lowest BCUT2D eigenvalue weighted by atomic mass is 10.1. The maximum absolute atomic E-state index is 12.5. The highest BCUT2D eigenvalue weighted by atomic mass is 19.4. The van der Waals surface area contributed by atoms with E-state index in [0.29, 0.717) is 5.56 Å². The molecule has 0 unspecified atom stereocenters. The molecule has 8 nitrogen and oxygen atoms in total. The van der Waals surface area contributed by atoms with Crippen molar-refractivity contribution in [3.05, 3.63) is 56.9 Å². The van der Waals surface area contributed by atoms with Crippen LogP contribution in [-0.4, -0.2) is 39.9 Å². The number of nitrogens with zero attached hydrogens (tertiary/aromatic N) is 4. The second kappa shape index (κ2) is 8.63. The molecular weight excluding hydrogens is 379 g/mol. The molecular formula is C17H18F3N5O3. The first-order chi connectivity index (χ1) is 13.1. The molecule has 0 aliphatic rings. The minimum absolute atomic E-state index is 0.117. The minimum atomic E-state index is -4.38. The number of nitrogens with one attached hydrogen (secondary N) is 1. The molecule has 0 fully saturated rings. The third-order valence-electron chi connectivity index (χ3n) is 3.86. The summed E-state index contributed by atoms with van der Waals surface area (Å²) < 4.78 is 38.7. The molecule has 2 aromatic rings. The highest BCUT2D eigenvalue weighted by Crippen LogP contribution is 2.28. The summed E-state index contributed by atoms with van der Waals surface area (Å²) in [6.07, 6.45) is -2.97. The van der Waals surface area contributed by atoms with E-state index in [0.717, 1.165) is 12.1 Å². The van der Waals surface area contributed by atoms with Gasteiger partial charge in [-0.05, 0) is 31.5 Å². The van der Waals surface area contributed by atoms with Gasteiger partial charge in [0.05, 0.1) is 17.0 Å². The fraction of sp³-hybridized carbons (Fsp3) is 0.353. The zero-order valence-electron chi connectivity index (χ0n) is 15.2. The molecule has 1 N–H and O–H groups in total. The van der Waals surface area contributed by atoms with Gasteiger partial charge in [-0.15, -0.1) is 0 Å². The van der Waals surface area contributed by atoms with Crippen molar-refractivity contribution >= 4 is 17.8 Å². The van der Waals surface area contributed by atoms with Gasteiger partial charge in [-0.25, -0.2) is 0 Å². The monoisotopic (exact) mass is 397 g/mol. The highest BCUT2D eigenvalue weighted by molar-refractivity contribution is 5.79. The first-order valence-corrected chi connectivity index (χ1v) is 8.21. The number of nitro groups is 1. The molecule has 150 valence electrons. The van der Waals surface area contributed by atoms with Gasteiger partial charge in [0.1, 0.15) is 17.9 Å². The predicted molar refractivity (Wildman–Crippen MR) is 95.3 cm³/mol. The number of aromatic nitrogens is 2. The van der Waals surface area contributed by atoms with Crippen LogP contribution >= 0.6 is 0 Å². The van der Waals surface area contributed by atoms with E-state index < -0.39 is 16.7 Å². The van der Waals surface area contributed by atoms with E-state index in [1.165, 1.54) is 36.9 Å². The van der Waals surface area contributed by atoms with Crippen molar-refractivity contribution in [3.8, 4) is 0 Å². The van der Waals surface area contributed by atoms with Crippen LogP contribution in [0.4, 0.5) is 18.9 Å². The average molecular weight is 397 g/mol. The SMILES string of the molecule is Cc1nn(CC(=O)NCCN=Cc2ccc(C(F)(F)F)cc2)c(C)c1[N+](=O)[O-]. The number of alkyl halides is 3. The van der Waals surface area contributed by atoms with Crippen LogP contribution in [0.1, 0.15) is 22.5 Å². The Kier molecular flexibility index (Phi) is 6.49. The number of aryl methyl sites for hydroxylation is 1. The van der Waals surface area contributed by atoms with Gasteiger partial charge in [-0.1, -0.05) is 12.1 Å². The van der Waals surface area contributed by atoms with Crippen LogP contribution in [-0.2, 0) is 17.5 Å². The zero-order valence-corrected chi connectivity index (χ0v) is 15.2. The summed E-state index contributed by atoms with van der Waals surface area (Å²) >= 11 is 0. The number of carbonyl (C=O) groups excluding carboxylic acids is 1. The molecule has 0 saturated heterocycles. The summed E-state index contributed by atoms with van der Waals surface area (Å²) in [6.45, 7) is 3.28. The first kappa shape index (κ1) is 21.1. The van der Waals surface area contributed by atoms with E-state index >= 15 is 0 Å². The summed E-state index contributed by atoms with van der Waals surface area (Å²) in [7, 11) is 0. The summed E-state index contributed by atoms with van der Waals surface area (Å²) in [5.74, 6) is -0.384. The maximum atomic E-state index is 12.5. The van der Waals surface area contributed by atoms with Crippen molar-refractivity contribution in [1.82, 2.24) is 15.1 Å². The average Bonchev–Trinajstić information content (AvgIpc) is 2.87. The Morgan fingerprint density at radius 1 is 1.32 bits per heavy atom. The number of hydrogen-bond donors (Lipinski definition) is 1. The van der Waals surface area contributed by atoms with Gasteiger partial charge in [0.15, 0.2) is 0 Å². The van der Waals surface area contributed by atoms with Gasteiger partial charge in [0, 0.05) is 12.8 Å². The van der Waals surface area contributed by atoms with Crippen molar-refractivity contribution < 1.29 is 22.9 Å². The fourth-order valence-corrected chi connectivity index (χ4v) is 2.49. The first-order valence-electron chi connectivity index (χ1n) is 8.21. The third-order valence-corrected chi connectivity index (χ3v) is 3.86. The largest absolute Gasteiger partial charge is 0.416 e. The van der Waals surface area contributed by atoms with E-state index in [1.807, 2.05) is 0 Å². The van der Waals surface area contributed by atoms with Crippen LogP contribution in [0.25, 0.3) is 0 Å². The van der Waals surface area contributed by atoms with Crippen molar-refractivity contribution in [2.24, 2.45) is 4.99 Å². The van der Waals surface area contributed by atoms with Gasteiger partial charge in [0.2, 0.25) is 5.91 Å². The summed E-state index contributed by atoms with van der Waals surface area (Å²) in [6, 6.07) is 4.55. The number of hydrogen-bond acceptors (Lipinski definition) is 5. The number of halogens is 3. The van der Waals surface area contributed by atoms with E-state index in [9.17, 15) is 28.1 Å². The number of carbonyl (C=O) groups is 1. The van der Waals surface area contributed by atoms with Crippen molar-refractivity contribution in [3.63, 3.8) is 0 Å². The molecule has 1 aromatic carbocycles. The van der Waals surface area contributed by atoms with Gasteiger partial charge >= 0.3 is 11.9 Å². The Labute approximate surface area is 158 Å². The van der Waals surface area contributed by atoms with Gasteiger partial charge in [-0.2, -0.15) is 18.3 Å². The minimum Gasteiger partial charge on any atom is -0.353 e. The Morgan fingerprint density at radius 3 is 2.50 bits per heavy atom. The van der Waals surface area contributed by atoms with E-state index in [1.54, 1.807) is 0 Å². The molecule has 2 rings (SSSR count). The van der Waals surface area contributed by atoms with Crippen LogP contribution in [0, 0.1) is 24.0 Å². The van der Waals surface area contributed by atoms with Gasteiger partial charge in [-0.3, -0.25) is 24.6 Å². The maximum Gasteiger partial charge on any atom is 0.416 e. The van der Waals surface area contributed by atoms with Crippen LogP contribution in [0.3, 0.4) is 0 Å². The van der Waals surface area contributed by atoms with Crippen molar-refractivity contribution in [2.45, 2.75) is 26.6 Å².